The highest BCUT2D eigenvalue weighted by Crippen LogP contribution is 2.18. The molecular formula is C21H24ClFN2O3. The lowest BCUT2D eigenvalue weighted by Crippen LogP contribution is -2.50. The lowest BCUT2D eigenvalue weighted by molar-refractivity contribution is -0.142. The minimum absolute atomic E-state index is 0.0552. The summed E-state index contributed by atoms with van der Waals surface area (Å²) in [6, 6.07) is 11.8. The summed E-state index contributed by atoms with van der Waals surface area (Å²) in [4.78, 5) is 26.7. The molecule has 5 nitrogen and oxygen atoms in total. The van der Waals surface area contributed by atoms with E-state index in [0.29, 0.717) is 16.3 Å². The summed E-state index contributed by atoms with van der Waals surface area (Å²) in [6.07, 6.45) is 0. The van der Waals surface area contributed by atoms with Crippen molar-refractivity contribution >= 4 is 23.4 Å². The quantitative estimate of drug-likeness (QED) is 0.725. The number of halogens is 2. The summed E-state index contributed by atoms with van der Waals surface area (Å²) >= 11 is 5.92. The third-order valence-electron chi connectivity index (χ3n) is 4.02. The van der Waals surface area contributed by atoms with E-state index >= 15 is 0 Å². The molecule has 0 bridgehead atoms. The number of benzene rings is 2. The summed E-state index contributed by atoms with van der Waals surface area (Å²) in [6.45, 7) is 5.25. The number of rotatable bonds is 8. The third-order valence-corrected chi connectivity index (χ3v) is 4.26. The average molecular weight is 407 g/mol. The second-order valence-corrected chi connectivity index (χ2v) is 7.17. The van der Waals surface area contributed by atoms with E-state index < -0.39 is 6.04 Å². The Bertz CT molecular complexity index is 812. The first-order chi connectivity index (χ1) is 13.3. The van der Waals surface area contributed by atoms with Crippen LogP contribution in [0.15, 0.2) is 48.5 Å². The minimum Gasteiger partial charge on any atom is -0.484 e. The summed E-state index contributed by atoms with van der Waals surface area (Å²) in [5.74, 6) is -0.540. The zero-order chi connectivity index (χ0) is 20.7. The van der Waals surface area contributed by atoms with Crippen molar-refractivity contribution in [2.45, 2.75) is 39.4 Å². The van der Waals surface area contributed by atoms with Crippen LogP contribution in [0.4, 0.5) is 4.39 Å². The molecule has 0 saturated heterocycles. The molecule has 7 heteroatoms. The van der Waals surface area contributed by atoms with Crippen LogP contribution < -0.4 is 10.1 Å². The molecule has 0 aliphatic heterocycles. The smallest absolute Gasteiger partial charge is 0.261 e. The molecule has 2 amide bonds. The van der Waals surface area contributed by atoms with E-state index in [1.807, 2.05) is 13.8 Å². The van der Waals surface area contributed by atoms with Crippen molar-refractivity contribution in [1.29, 1.82) is 0 Å². The third kappa shape index (κ3) is 6.53. The number of hydrogen-bond acceptors (Lipinski definition) is 3. The van der Waals surface area contributed by atoms with E-state index in [2.05, 4.69) is 5.32 Å². The predicted octanol–water partition coefficient (Wildman–Crippen LogP) is 3.80. The lowest BCUT2D eigenvalue weighted by Gasteiger charge is -2.29. The standard InChI is InChI=1S/C21H24ClFN2O3/c1-14(2)24-21(27)15(3)25(12-16-7-9-18(23)10-8-16)20(26)13-28-19-6-4-5-17(22)11-19/h4-11,14-15H,12-13H2,1-3H3,(H,24,27). The molecule has 1 unspecified atom stereocenters. The molecule has 150 valence electrons. The molecular weight excluding hydrogens is 383 g/mol. The number of amides is 2. The van der Waals surface area contributed by atoms with Crippen molar-refractivity contribution in [2.75, 3.05) is 6.61 Å². The molecule has 1 N–H and O–H groups in total. The van der Waals surface area contributed by atoms with Gasteiger partial charge >= 0.3 is 0 Å². The fraction of sp³-hybridized carbons (Fsp3) is 0.333. The van der Waals surface area contributed by atoms with E-state index in [0.717, 1.165) is 0 Å². The Kier molecular flexibility index (Phi) is 7.81. The molecule has 0 aliphatic rings. The molecule has 28 heavy (non-hydrogen) atoms. The Morgan fingerprint density at radius 3 is 2.43 bits per heavy atom. The second kappa shape index (κ2) is 10.1. The predicted molar refractivity (Wildman–Crippen MR) is 107 cm³/mol. The second-order valence-electron chi connectivity index (χ2n) is 6.73. The van der Waals surface area contributed by atoms with Crippen molar-refractivity contribution in [3.05, 3.63) is 64.9 Å². The van der Waals surface area contributed by atoms with Crippen LogP contribution >= 0.6 is 11.6 Å². The monoisotopic (exact) mass is 406 g/mol. The molecule has 0 spiro atoms. The number of hydrogen-bond donors (Lipinski definition) is 1. The van der Waals surface area contributed by atoms with Gasteiger partial charge < -0.3 is 15.0 Å². The Balaban J connectivity index is 2.14. The molecule has 1 atom stereocenters. The summed E-state index contributed by atoms with van der Waals surface area (Å²) in [5, 5.41) is 3.30. The number of ether oxygens (including phenoxy) is 1. The van der Waals surface area contributed by atoms with E-state index in [1.165, 1.54) is 17.0 Å². The highest BCUT2D eigenvalue weighted by Gasteiger charge is 2.26. The average Bonchev–Trinajstić information content (AvgIpc) is 2.64. The molecule has 0 radical (unpaired) electrons. The summed E-state index contributed by atoms with van der Waals surface area (Å²) < 4.78 is 18.7. The highest BCUT2D eigenvalue weighted by atomic mass is 35.5. The van der Waals surface area contributed by atoms with Gasteiger partial charge in [0.1, 0.15) is 17.6 Å². The molecule has 2 aromatic carbocycles. The zero-order valence-corrected chi connectivity index (χ0v) is 16.9. The number of nitrogens with one attached hydrogen (secondary N) is 1. The number of nitrogens with zero attached hydrogens (tertiary/aromatic N) is 1. The lowest BCUT2D eigenvalue weighted by atomic mass is 10.1. The van der Waals surface area contributed by atoms with Crippen LogP contribution in [0.1, 0.15) is 26.3 Å². The topological polar surface area (TPSA) is 58.6 Å². The van der Waals surface area contributed by atoms with Gasteiger partial charge in [-0.25, -0.2) is 4.39 Å². The van der Waals surface area contributed by atoms with Crippen LogP contribution in [-0.4, -0.2) is 35.4 Å². The first kappa shape index (κ1) is 21.7. The van der Waals surface area contributed by atoms with Gasteiger partial charge in [-0.2, -0.15) is 0 Å². The van der Waals surface area contributed by atoms with Gasteiger partial charge in [0.25, 0.3) is 5.91 Å². The highest BCUT2D eigenvalue weighted by molar-refractivity contribution is 6.30. The van der Waals surface area contributed by atoms with Crippen LogP contribution in [0.25, 0.3) is 0 Å². The minimum atomic E-state index is -0.720. The normalized spacial score (nSPS) is 11.8. The van der Waals surface area contributed by atoms with E-state index in [9.17, 15) is 14.0 Å². The van der Waals surface area contributed by atoms with Crippen LogP contribution in [0.3, 0.4) is 0 Å². The molecule has 0 aromatic heterocycles. The number of carbonyl (C=O) groups excluding carboxylic acids is 2. The Hall–Kier alpha value is -2.60. The first-order valence-corrected chi connectivity index (χ1v) is 9.36. The van der Waals surface area contributed by atoms with Crippen molar-refractivity contribution < 1.29 is 18.7 Å². The largest absolute Gasteiger partial charge is 0.484 e. The molecule has 0 aliphatic carbocycles. The maximum Gasteiger partial charge on any atom is 0.261 e. The van der Waals surface area contributed by atoms with E-state index in [1.54, 1.807) is 43.3 Å². The van der Waals surface area contributed by atoms with E-state index in [-0.39, 0.29) is 36.8 Å². The van der Waals surface area contributed by atoms with Crippen LogP contribution in [0.2, 0.25) is 5.02 Å². The molecule has 0 fully saturated rings. The summed E-state index contributed by atoms with van der Waals surface area (Å²) in [5.41, 5.74) is 0.710. The van der Waals surface area contributed by atoms with Gasteiger partial charge in [0, 0.05) is 17.6 Å². The fourth-order valence-electron chi connectivity index (χ4n) is 2.56. The number of carbonyl (C=O) groups is 2. The van der Waals surface area contributed by atoms with Crippen LogP contribution in [-0.2, 0) is 16.1 Å². The van der Waals surface area contributed by atoms with Crippen LogP contribution in [0.5, 0.6) is 5.75 Å². The van der Waals surface area contributed by atoms with Gasteiger partial charge in [-0.1, -0.05) is 29.8 Å². The van der Waals surface area contributed by atoms with Gasteiger partial charge in [-0.15, -0.1) is 0 Å². The van der Waals surface area contributed by atoms with Crippen molar-refractivity contribution in [2.24, 2.45) is 0 Å². The summed E-state index contributed by atoms with van der Waals surface area (Å²) in [7, 11) is 0. The van der Waals surface area contributed by atoms with Gasteiger partial charge in [0.15, 0.2) is 6.61 Å². The van der Waals surface area contributed by atoms with Gasteiger partial charge in [-0.05, 0) is 56.7 Å². The van der Waals surface area contributed by atoms with Crippen molar-refractivity contribution in [3.8, 4) is 5.75 Å². The first-order valence-electron chi connectivity index (χ1n) is 8.99. The molecule has 2 rings (SSSR count). The van der Waals surface area contributed by atoms with Gasteiger partial charge in [-0.3, -0.25) is 9.59 Å². The van der Waals surface area contributed by atoms with Gasteiger partial charge in [0.05, 0.1) is 0 Å². The Morgan fingerprint density at radius 1 is 1.14 bits per heavy atom. The maximum atomic E-state index is 13.2. The fourth-order valence-corrected chi connectivity index (χ4v) is 2.74. The molecule has 0 heterocycles. The molecule has 0 saturated carbocycles. The SMILES string of the molecule is CC(C)NC(=O)C(C)N(Cc1ccc(F)cc1)C(=O)COc1cccc(Cl)c1. The van der Waals surface area contributed by atoms with Crippen molar-refractivity contribution in [1.82, 2.24) is 10.2 Å². The van der Waals surface area contributed by atoms with Crippen LogP contribution in [0, 0.1) is 5.82 Å². The maximum absolute atomic E-state index is 13.2. The Morgan fingerprint density at radius 2 is 1.82 bits per heavy atom. The zero-order valence-electron chi connectivity index (χ0n) is 16.1. The van der Waals surface area contributed by atoms with Gasteiger partial charge in [0.2, 0.25) is 5.91 Å². The van der Waals surface area contributed by atoms with Crippen molar-refractivity contribution in [3.63, 3.8) is 0 Å². The van der Waals surface area contributed by atoms with E-state index in [4.69, 9.17) is 16.3 Å². The molecule has 2 aromatic rings. The Labute approximate surface area is 169 Å².